The van der Waals surface area contributed by atoms with E-state index < -0.39 is 13.9 Å². The fourth-order valence-electron chi connectivity index (χ4n) is 5.92. The number of ketones is 1. The summed E-state index contributed by atoms with van der Waals surface area (Å²) in [6.07, 6.45) is 8.87. The van der Waals surface area contributed by atoms with Crippen LogP contribution in [0, 0.1) is 23.2 Å². The number of allylic oxidation sites excluding steroid dienone is 1. The second kappa shape index (κ2) is 7.14. The average molecular weight is 393 g/mol. The highest BCUT2D eigenvalue weighted by Gasteiger charge is 2.52. The lowest BCUT2D eigenvalue weighted by Gasteiger charge is -2.42. The Morgan fingerprint density at radius 3 is 2.63 bits per heavy atom. The Morgan fingerprint density at radius 1 is 1.26 bits per heavy atom. The Bertz CT molecular complexity index is 649. The molecule has 3 rings (SSSR count). The molecule has 152 valence electrons. The summed E-state index contributed by atoms with van der Waals surface area (Å²) in [7, 11) is -1.85. The zero-order chi connectivity index (χ0) is 20.0. The number of esters is 1. The summed E-state index contributed by atoms with van der Waals surface area (Å²) in [5.74, 6) is 2.36. The van der Waals surface area contributed by atoms with Gasteiger partial charge in [-0.1, -0.05) is 13.8 Å². The van der Waals surface area contributed by atoms with Gasteiger partial charge in [0.05, 0.1) is 0 Å². The van der Waals surface area contributed by atoms with Gasteiger partial charge in [0.1, 0.15) is 11.5 Å². The Balaban J connectivity index is 1.62. The normalized spacial score (nSPS) is 37.8. The predicted molar refractivity (Wildman–Crippen MR) is 109 cm³/mol. The lowest BCUT2D eigenvalue weighted by Crippen LogP contribution is -2.43. The maximum absolute atomic E-state index is 12.4. The zero-order valence-electron chi connectivity index (χ0n) is 17.9. The molecular weight excluding hydrogens is 356 g/mol. The monoisotopic (exact) mass is 392 g/mol. The summed E-state index contributed by atoms with van der Waals surface area (Å²) in [6.45, 7) is 12.7. The van der Waals surface area contributed by atoms with E-state index in [2.05, 4.69) is 33.5 Å². The van der Waals surface area contributed by atoms with Gasteiger partial charge in [0.25, 0.3) is 0 Å². The van der Waals surface area contributed by atoms with Crippen molar-refractivity contribution in [1.82, 2.24) is 0 Å². The standard InChI is InChI=1S/C22H36O4Si/c1-15(17-11-12-18-19(23)8-7-13-21(17,18)2)9-10-16-14-22(3,20(24)25-16)26-27(4,5)6/h14-15,17-18H,7-13H2,1-6H3/t15-,17-,18?,21-,22-/m1/s1. The molecule has 2 aliphatic carbocycles. The van der Waals surface area contributed by atoms with E-state index in [4.69, 9.17) is 9.16 Å². The number of ether oxygens (including phenoxy) is 1. The van der Waals surface area contributed by atoms with Crippen molar-refractivity contribution in [2.45, 2.75) is 91.0 Å². The summed E-state index contributed by atoms with van der Waals surface area (Å²) in [5.41, 5.74) is -0.756. The molecule has 0 amide bonds. The Morgan fingerprint density at radius 2 is 1.96 bits per heavy atom. The SMILES string of the molecule is C[C@H](CCC1=C[C@@](C)(O[Si](C)(C)C)C(=O)O1)[C@H]1CCC2C(=O)CCC[C@@]21C. The first-order valence-corrected chi connectivity index (χ1v) is 14.0. The number of Topliss-reactive ketones (excluding diaryl/α,β-unsaturated/α-hetero) is 1. The number of carbonyl (C=O) groups is 2. The van der Waals surface area contributed by atoms with Gasteiger partial charge in [0.2, 0.25) is 0 Å². The summed E-state index contributed by atoms with van der Waals surface area (Å²) in [4.78, 5) is 24.7. The van der Waals surface area contributed by atoms with E-state index in [-0.39, 0.29) is 17.3 Å². The van der Waals surface area contributed by atoms with Crippen molar-refractivity contribution in [3.63, 3.8) is 0 Å². The van der Waals surface area contributed by atoms with Crippen LogP contribution in [0.15, 0.2) is 11.8 Å². The Hall–Kier alpha value is -0.943. The molecule has 0 aromatic rings. The van der Waals surface area contributed by atoms with Gasteiger partial charge in [-0.05, 0) is 82.0 Å². The number of carbonyl (C=O) groups excluding carboxylic acids is 2. The van der Waals surface area contributed by atoms with Crippen LogP contribution in [0.5, 0.6) is 0 Å². The number of hydrogen-bond donors (Lipinski definition) is 0. The van der Waals surface area contributed by atoms with Crippen molar-refractivity contribution in [1.29, 1.82) is 0 Å². The highest BCUT2D eigenvalue weighted by molar-refractivity contribution is 6.70. The maximum atomic E-state index is 12.4. The molecule has 2 fully saturated rings. The van der Waals surface area contributed by atoms with Gasteiger partial charge in [-0.2, -0.15) is 0 Å². The summed E-state index contributed by atoms with van der Waals surface area (Å²) in [5, 5.41) is 0. The zero-order valence-corrected chi connectivity index (χ0v) is 18.9. The lowest BCUT2D eigenvalue weighted by atomic mass is 9.62. The molecule has 5 atom stereocenters. The third-order valence-corrected chi connectivity index (χ3v) is 8.09. The fourth-order valence-corrected chi connectivity index (χ4v) is 7.34. The molecule has 0 aromatic heterocycles. The van der Waals surface area contributed by atoms with Crippen molar-refractivity contribution in [3.05, 3.63) is 11.8 Å². The van der Waals surface area contributed by atoms with Crippen molar-refractivity contribution in [3.8, 4) is 0 Å². The Kier molecular flexibility index (Phi) is 5.50. The van der Waals surface area contributed by atoms with E-state index in [1.165, 1.54) is 6.42 Å². The lowest BCUT2D eigenvalue weighted by molar-refractivity contribution is -0.149. The van der Waals surface area contributed by atoms with Crippen LogP contribution in [0.3, 0.4) is 0 Å². The molecule has 27 heavy (non-hydrogen) atoms. The number of fused-ring (bicyclic) bond motifs is 1. The first-order chi connectivity index (χ1) is 12.4. The maximum Gasteiger partial charge on any atom is 0.346 e. The minimum Gasteiger partial charge on any atom is -0.429 e. The third kappa shape index (κ3) is 4.09. The third-order valence-electron chi connectivity index (χ3n) is 7.05. The molecule has 0 radical (unpaired) electrons. The molecule has 2 saturated carbocycles. The topological polar surface area (TPSA) is 52.6 Å². The van der Waals surface area contributed by atoms with Crippen LogP contribution in [0.4, 0.5) is 0 Å². The summed E-state index contributed by atoms with van der Waals surface area (Å²) >= 11 is 0. The first-order valence-electron chi connectivity index (χ1n) is 10.6. The summed E-state index contributed by atoms with van der Waals surface area (Å²) < 4.78 is 11.6. The van der Waals surface area contributed by atoms with Crippen molar-refractivity contribution >= 4 is 20.1 Å². The van der Waals surface area contributed by atoms with Gasteiger partial charge in [-0.3, -0.25) is 4.79 Å². The van der Waals surface area contributed by atoms with Gasteiger partial charge in [0.15, 0.2) is 13.9 Å². The van der Waals surface area contributed by atoms with Crippen LogP contribution in [0.2, 0.25) is 19.6 Å². The molecule has 1 unspecified atom stereocenters. The molecular formula is C22H36O4Si. The molecule has 0 N–H and O–H groups in total. The van der Waals surface area contributed by atoms with E-state index in [0.717, 1.165) is 44.3 Å². The average Bonchev–Trinajstić information content (AvgIpc) is 3.01. The molecule has 3 aliphatic rings. The molecule has 0 saturated heterocycles. The number of rotatable bonds is 6. The van der Waals surface area contributed by atoms with Crippen LogP contribution < -0.4 is 0 Å². The minimum absolute atomic E-state index is 0.172. The second-order valence-corrected chi connectivity index (χ2v) is 14.8. The van der Waals surface area contributed by atoms with Gasteiger partial charge in [0, 0.05) is 18.8 Å². The van der Waals surface area contributed by atoms with Crippen LogP contribution in [-0.4, -0.2) is 25.7 Å². The van der Waals surface area contributed by atoms with Crippen LogP contribution >= 0.6 is 0 Å². The molecule has 5 heteroatoms. The quantitative estimate of drug-likeness (QED) is 0.458. The molecule has 0 bridgehead atoms. The van der Waals surface area contributed by atoms with Gasteiger partial charge in [-0.25, -0.2) is 4.79 Å². The van der Waals surface area contributed by atoms with E-state index in [1.807, 2.05) is 13.0 Å². The van der Waals surface area contributed by atoms with E-state index >= 15 is 0 Å². The molecule has 1 heterocycles. The highest BCUT2D eigenvalue weighted by Crippen LogP contribution is 2.57. The van der Waals surface area contributed by atoms with Crippen molar-refractivity contribution in [2.75, 3.05) is 0 Å². The molecule has 0 aromatic carbocycles. The van der Waals surface area contributed by atoms with Gasteiger partial charge < -0.3 is 9.16 Å². The minimum atomic E-state index is -1.85. The van der Waals surface area contributed by atoms with Crippen molar-refractivity contribution in [2.24, 2.45) is 23.2 Å². The summed E-state index contributed by atoms with van der Waals surface area (Å²) in [6, 6.07) is 0. The molecule has 0 spiro atoms. The largest absolute Gasteiger partial charge is 0.429 e. The Labute approximate surface area is 165 Å². The van der Waals surface area contributed by atoms with Gasteiger partial charge >= 0.3 is 5.97 Å². The first kappa shape index (κ1) is 20.8. The van der Waals surface area contributed by atoms with Crippen LogP contribution in [0.25, 0.3) is 0 Å². The fraction of sp³-hybridized carbons (Fsp3) is 0.818. The van der Waals surface area contributed by atoms with Crippen LogP contribution in [0.1, 0.15) is 65.7 Å². The molecule has 1 aliphatic heterocycles. The van der Waals surface area contributed by atoms with E-state index in [1.54, 1.807) is 0 Å². The number of cyclic esters (lactones) is 1. The smallest absolute Gasteiger partial charge is 0.346 e. The van der Waals surface area contributed by atoms with Crippen molar-refractivity contribution < 1.29 is 18.8 Å². The predicted octanol–water partition coefficient (Wildman–Crippen LogP) is 5.24. The second-order valence-electron chi connectivity index (χ2n) is 10.4. The van der Waals surface area contributed by atoms with E-state index in [9.17, 15) is 9.59 Å². The molecule has 4 nitrogen and oxygen atoms in total. The van der Waals surface area contributed by atoms with Gasteiger partial charge in [-0.15, -0.1) is 0 Å². The van der Waals surface area contributed by atoms with Crippen LogP contribution in [-0.2, 0) is 18.8 Å². The van der Waals surface area contributed by atoms with E-state index in [0.29, 0.717) is 17.6 Å². The highest BCUT2D eigenvalue weighted by atomic mass is 28.4. The number of hydrogen-bond acceptors (Lipinski definition) is 4.